The van der Waals surface area contributed by atoms with E-state index in [9.17, 15) is 28.8 Å². The Balaban J connectivity index is 0.000000321. The number of halogens is 1. The first kappa shape index (κ1) is 53.9. The largest absolute Gasteiger partial charge is 0.444 e. The molecule has 66 heavy (non-hydrogen) atoms. The lowest BCUT2D eigenvalue weighted by atomic mass is 9.95. The number of anilines is 4. The van der Waals surface area contributed by atoms with E-state index in [2.05, 4.69) is 27.6 Å². The van der Waals surface area contributed by atoms with Crippen molar-refractivity contribution < 1.29 is 38.2 Å². The molecule has 15 heteroatoms. The molecule has 0 aromatic heterocycles. The van der Waals surface area contributed by atoms with E-state index in [1.165, 1.54) is 13.8 Å². The number of carbonyl (C=O) groups excluding carboxylic acids is 6. The van der Waals surface area contributed by atoms with E-state index in [0.717, 1.165) is 40.2 Å². The van der Waals surface area contributed by atoms with Crippen molar-refractivity contribution in [3.63, 3.8) is 0 Å². The molecule has 5 amide bonds. The molecule has 4 aromatic carbocycles. The van der Waals surface area contributed by atoms with Gasteiger partial charge in [-0.3, -0.25) is 19.2 Å². The van der Waals surface area contributed by atoms with E-state index >= 15 is 0 Å². The maximum atomic E-state index is 13.6. The van der Waals surface area contributed by atoms with Crippen molar-refractivity contribution in [3.8, 4) is 0 Å². The zero-order valence-corrected chi connectivity index (χ0v) is 39.9. The number of hydrogen-bond acceptors (Lipinski definition) is 9. The van der Waals surface area contributed by atoms with Crippen LogP contribution in [0.4, 0.5) is 32.3 Å². The number of nitrogens with zero attached hydrogens (tertiary/aromatic N) is 3. The molecule has 4 aromatic rings. The minimum atomic E-state index is -0.760. The number of hydrogen-bond donors (Lipinski definition) is 3. The van der Waals surface area contributed by atoms with E-state index in [1.54, 1.807) is 56.2 Å². The first-order chi connectivity index (χ1) is 30.6. The number of fused-ring (bicyclic) bond motifs is 2. The van der Waals surface area contributed by atoms with Crippen LogP contribution in [0.25, 0.3) is 0 Å². The highest BCUT2D eigenvalue weighted by Gasteiger charge is 2.38. The molecule has 2 aliphatic rings. The van der Waals surface area contributed by atoms with Crippen molar-refractivity contribution in [1.29, 1.82) is 0 Å². The smallest absolute Gasteiger partial charge is 0.408 e. The number of carbonyl (C=O) groups is 6. The molecule has 3 N–H and O–H groups in total. The summed E-state index contributed by atoms with van der Waals surface area (Å²) in [6.45, 7) is 19.5. The Bertz CT molecular complexity index is 2290. The molecule has 0 saturated heterocycles. The highest BCUT2D eigenvalue weighted by atomic mass is 35.5. The first-order valence-corrected chi connectivity index (χ1v) is 22.1. The molecular formula is C51H67ClN6O8. The predicted molar refractivity (Wildman–Crippen MR) is 263 cm³/mol. The Labute approximate surface area is 395 Å². The van der Waals surface area contributed by atoms with Gasteiger partial charge < -0.3 is 40.1 Å². The third-order valence-corrected chi connectivity index (χ3v) is 9.84. The van der Waals surface area contributed by atoms with Gasteiger partial charge in [0.1, 0.15) is 23.3 Å². The summed E-state index contributed by atoms with van der Waals surface area (Å²) in [6, 6.07) is 29.7. The topological polar surface area (TPSA) is 167 Å². The van der Waals surface area contributed by atoms with Crippen molar-refractivity contribution in [2.75, 3.05) is 33.1 Å². The predicted octanol–water partition coefficient (Wildman–Crippen LogP) is 9.55. The molecule has 0 bridgehead atoms. The summed E-state index contributed by atoms with van der Waals surface area (Å²) in [4.78, 5) is 78.3. The number of nitrogens with one attached hydrogen (secondary N) is 3. The van der Waals surface area contributed by atoms with Crippen molar-refractivity contribution in [3.05, 3.63) is 119 Å². The number of rotatable bonds is 10. The third-order valence-electron chi connectivity index (χ3n) is 9.84. The molecule has 2 heterocycles. The summed E-state index contributed by atoms with van der Waals surface area (Å²) in [6.07, 6.45) is -0.462. The van der Waals surface area contributed by atoms with Gasteiger partial charge in [-0.2, -0.15) is 0 Å². The maximum Gasteiger partial charge on any atom is 0.408 e. The number of alkyl carbamates (subject to hydrolysis) is 2. The fourth-order valence-corrected chi connectivity index (χ4v) is 7.42. The van der Waals surface area contributed by atoms with Gasteiger partial charge >= 0.3 is 12.2 Å². The molecule has 6 rings (SSSR count). The van der Waals surface area contributed by atoms with Crippen LogP contribution < -0.4 is 30.7 Å². The Kier molecular flexibility index (Phi) is 19.8. The lowest BCUT2D eigenvalue weighted by Crippen LogP contribution is -2.53. The molecule has 356 valence electrons. The molecule has 0 radical (unpaired) electrons. The first-order valence-electron chi connectivity index (χ1n) is 21.7. The van der Waals surface area contributed by atoms with E-state index in [1.807, 2.05) is 111 Å². The van der Waals surface area contributed by atoms with Gasteiger partial charge in [-0.15, -0.1) is 0 Å². The van der Waals surface area contributed by atoms with Crippen molar-refractivity contribution in [2.24, 2.45) is 0 Å². The summed E-state index contributed by atoms with van der Waals surface area (Å²) < 4.78 is 10.7. The summed E-state index contributed by atoms with van der Waals surface area (Å²) in [5, 5.41) is 8.49. The van der Waals surface area contributed by atoms with Crippen LogP contribution in [0, 0.1) is 0 Å². The van der Waals surface area contributed by atoms with E-state index in [0.29, 0.717) is 43.9 Å². The molecule has 14 nitrogen and oxygen atoms in total. The minimum absolute atomic E-state index is 0. The molecule has 0 saturated carbocycles. The van der Waals surface area contributed by atoms with Crippen LogP contribution in [0.3, 0.4) is 0 Å². The Morgan fingerprint density at radius 1 is 0.652 bits per heavy atom. The number of amides is 5. The second kappa shape index (κ2) is 24.2. The molecule has 2 aliphatic heterocycles. The summed E-state index contributed by atoms with van der Waals surface area (Å²) in [5.41, 5.74) is 5.79. The van der Waals surface area contributed by atoms with Crippen molar-refractivity contribution in [1.82, 2.24) is 10.6 Å². The fraction of sp³-hybridized carbons (Fsp3) is 0.412. The highest BCUT2D eigenvalue weighted by Crippen LogP contribution is 2.39. The van der Waals surface area contributed by atoms with E-state index < -0.39 is 35.5 Å². The Morgan fingerprint density at radius 2 is 1.06 bits per heavy atom. The molecule has 0 aliphatic carbocycles. The quantitative estimate of drug-likeness (QED) is 0.131. The normalized spacial score (nSPS) is 15.1. The highest BCUT2D eigenvalue weighted by molar-refractivity contribution is 6.62. The van der Waals surface area contributed by atoms with Crippen LogP contribution in [0.1, 0.15) is 98.9 Å². The lowest BCUT2D eigenvalue weighted by molar-refractivity contribution is -0.121. The Hall–Kier alpha value is -6.41. The van der Waals surface area contributed by atoms with Crippen LogP contribution in [0.5, 0.6) is 0 Å². The monoisotopic (exact) mass is 926 g/mol. The van der Waals surface area contributed by atoms with Crippen molar-refractivity contribution >= 4 is 69.5 Å². The molecule has 2 unspecified atom stereocenters. The second-order valence-electron chi connectivity index (χ2n) is 17.5. The molecule has 0 spiro atoms. The number of benzene rings is 4. The zero-order chi connectivity index (χ0) is 48.1. The van der Waals surface area contributed by atoms with E-state index in [4.69, 9.17) is 9.47 Å². The number of ether oxygens (including phenoxy) is 2. The average molecular weight is 928 g/mol. The van der Waals surface area contributed by atoms with Gasteiger partial charge in [-0.25, -0.2) is 9.59 Å². The zero-order valence-electron chi connectivity index (χ0n) is 39.1. The fourth-order valence-electron chi connectivity index (χ4n) is 7.42. The van der Waals surface area contributed by atoms with Gasteiger partial charge in [0.15, 0.2) is 0 Å². The third kappa shape index (κ3) is 15.6. The molecular weight excluding hydrogens is 860 g/mol. The van der Waals surface area contributed by atoms with Gasteiger partial charge in [0, 0.05) is 39.8 Å². The molecule has 2 atom stereocenters. The van der Waals surface area contributed by atoms with Gasteiger partial charge in [-0.05, 0) is 101 Å². The van der Waals surface area contributed by atoms with Crippen LogP contribution in [-0.2, 0) is 54.6 Å². The van der Waals surface area contributed by atoms with Gasteiger partial charge in [0.2, 0.25) is 23.0 Å². The minimum Gasteiger partial charge on any atom is -0.444 e. The molecule has 0 fully saturated rings. The van der Waals surface area contributed by atoms with Crippen molar-refractivity contribution in [2.45, 2.75) is 126 Å². The lowest BCUT2D eigenvalue weighted by Gasteiger charge is -2.38. The summed E-state index contributed by atoms with van der Waals surface area (Å²) in [7, 11) is 0. The SMILES string of the molecule is C.CC(=O)Cl.CCN(C(C)=O)c1cccc2c1N(Cc1ccccc1)C(=O)C(NC(=O)OC(C)(C)C)C2.CCNc1cccc2c1N(Cc1ccccc1)C(=O)C(NC(=O)OC(C)(C)C)C2. The van der Waals surface area contributed by atoms with Crippen LogP contribution in [0.2, 0.25) is 0 Å². The summed E-state index contributed by atoms with van der Waals surface area (Å²) >= 11 is 4.64. The Morgan fingerprint density at radius 3 is 1.45 bits per heavy atom. The van der Waals surface area contributed by atoms with Gasteiger partial charge in [0.25, 0.3) is 0 Å². The maximum absolute atomic E-state index is 13.6. The standard InChI is InChI=1S/C25H31N3O4.C23H29N3O3.C2H3ClO.CH4/c1-6-27(17(2)29)21-14-10-13-19-15-20(26-24(31)32-25(3,4)5)23(30)28(22(19)21)16-18-11-8-7-9-12-18;1-5-24-18-13-9-12-17-14-19(25-22(28)29-23(2,3)4)21(27)26(20(17)18)15-16-10-7-6-8-11-16;1-2(3)4;/h7-14,20H,6,15-16H2,1-5H3,(H,26,31);6-13,19,24H,5,14-15H2,1-4H3,(H,25,28);1H3;1H4. The van der Waals surface area contributed by atoms with Crippen LogP contribution in [-0.4, -0.2) is 71.5 Å². The summed E-state index contributed by atoms with van der Waals surface area (Å²) in [5.74, 6) is -0.473. The van der Waals surface area contributed by atoms with Gasteiger partial charge in [-0.1, -0.05) is 92.4 Å². The second-order valence-corrected chi connectivity index (χ2v) is 18.0. The van der Waals surface area contributed by atoms with Crippen LogP contribution >= 0.6 is 11.6 Å². The van der Waals surface area contributed by atoms with Crippen LogP contribution in [0.15, 0.2) is 97.1 Å². The van der Waals surface area contributed by atoms with Gasteiger partial charge in [0.05, 0.1) is 35.8 Å². The van der Waals surface area contributed by atoms with E-state index in [-0.39, 0.29) is 30.4 Å². The number of para-hydroxylation sites is 2. The average Bonchev–Trinajstić information content (AvgIpc) is 3.21.